The van der Waals surface area contributed by atoms with Gasteiger partial charge in [0, 0.05) is 15.9 Å². The van der Waals surface area contributed by atoms with Crippen molar-refractivity contribution < 1.29 is 12.6 Å². The molecule has 3 nitrogen and oxygen atoms in total. The Labute approximate surface area is 206 Å². The summed E-state index contributed by atoms with van der Waals surface area (Å²) in [7, 11) is -3.85. The van der Waals surface area contributed by atoms with E-state index in [-0.39, 0.29) is 10.8 Å². The molecule has 0 saturated heterocycles. The Bertz CT molecular complexity index is 746. The maximum absolute atomic E-state index is 12.9. The first-order chi connectivity index (χ1) is 15.4. The SMILES string of the molecule is CCCCCCCCC(CCCCCCCC)C(C#CBr)OS(=O)(=O)c1ccc(C)cc1. The number of rotatable bonds is 18. The second-order valence-corrected chi connectivity index (χ2v) is 10.9. The molecule has 1 rings (SSSR count). The van der Waals surface area contributed by atoms with Crippen LogP contribution in [0.3, 0.4) is 0 Å². The highest BCUT2D eigenvalue weighted by Gasteiger charge is 2.27. The van der Waals surface area contributed by atoms with Crippen LogP contribution < -0.4 is 0 Å². The van der Waals surface area contributed by atoms with Gasteiger partial charge in [0.15, 0.2) is 0 Å². The van der Waals surface area contributed by atoms with E-state index in [1.54, 1.807) is 24.3 Å². The molecule has 0 amide bonds. The van der Waals surface area contributed by atoms with Gasteiger partial charge in [-0.15, -0.1) is 0 Å². The molecule has 1 unspecified atom stereocenters. The summed E-state index contributed by atoms with van der Waals surface area (Å²) in [4.78, 5) is 2.94. The van der Waals surface area contributed by atoms with Crippen LogP contribution in [0.4, 0.5) is 0 Å². The molecule has 1 aromatic rings. The van der Waals surface area contributed by atoms with Crippen molar-refractivity contribution in [2.45, 2.75) is 122 Å². The van der Waals surface area contributed by atoms with Crippen molar-refractivity contribution in [2.24, 2.45) is 5.92 Å². The highest BCUT2D eigenvalue weighted by atomic mass is 79.9. The smallest absolute Gasteiger partial charge is 0.250 e. The van der Waals surface area contributed by atoms with Crippen molar-refractivity contribution in [3.05, 3.63) is 29.8 Å². The number of unbranched alkanes of at least 4 members (excludes halogenated alkanes) is 10. The molecule has 1 aromatic carbocycles. The fourth-order valence-corrected chi connectivity index (χ4v) is 5.28. The Morgan fingerprint density at radius 2 is 1.28 bits per heavy atom. The van der Waals surface area contributed by atoms with E-state index >= 15 is 0 Å². The lowest BCUT2D eigenvalue weighted by molar-refractivity contribution is 0.173. The van der Waals surface area contributed by atoms with E-state index < -0.39 is 16.2 Å². The van der Waals surface area contributed by atoms with Crippen LogP contribution in [0.1, 0.15) is 109 Å². The van der Waals surface area contributed by atoms with Gasteiger partial charge in [0.25, 0.3) is 10.1 Å². The van der Waals surface area contributed by atoms with Crippen molar-refractivity contribution in [3.63, 3.8) is 0 Å². The van der Waals surface area contributed by atoms with Crippen LogP contribution in [-0.4, -0.2) is 14.5 Å². The maximum atomic E-state index is 12.9. The minimum atomic E-state index is -3.85. The Morgan fingerprint density at radius 1 is 0.812 bits per heavy atom. The normalized spacial score (nSPS) is 12.5. The standard InChI is InChI=1S/C27H43BrO3S/c1-4-6-8-10-12-14-16-25(17-15-13-11-9-7-5-2)27(22-23-28)31-32(29,30)26-20-18-24(3)19-21-26/h18-21,25,27H,4-17H2,1-3H3. The lowest BCUT2D eigenvalue weighted by Crippen LogP contribution is -2.26. The molecule has 0 aliphatic carbocycles. The van der Waals surface area contributed by atoms with E-state index in [0.717, 1.165) is 31.2 Å². The van der Waals surface area contributed by atoms with Crippen molar-refractivity contribution in [1.82, 2.24) is 0 Å². The summed E-state index contributed by atoms with van der Waals surface area (Å²) in [5.41, 5.74) is 1.02. The van der Waals surface area contributed by atoms with E-state index in [9.17, 15) is 8.42 Å². The molecule has 0 aliphatic rings. The minimum Gasteiger partial charge on any atom is -0.250 e. The molecule has 5 heteroatoms. The molecule has 0 spiro atoms. The molecular formula is C27H43BrO3S. The zero-order valence-electron chi connectivity index (χ0n) is 20.4. The van der Waals surface area contributed by atoms with Gasteiger partial charge in [-0.1, -0.05) is 115 Å². The molecule has 0 bridgehead atoms. The van der Waals surface area contributed by atoms with Crippen LogP contribution in [0.2, 0.25) is 0 Å². The van der Waals surface area contributed by atoms with Gasteiger partial charge in [-0.3, -0.25) is 0 Å². The van der Waals surface area contributed by atoms with Gasteiger partial charge >= 0.3 is 0 Å². The van der Waals surface area contributed by atoms with Crippen molar-refractivity contribution in [2.75, 3.05) is 0 Å². The van der Waals surface area contributed by atoms with Crippen molar-refractivity contribution in [3.8, 4) is 10.8 Å². The largest absolute Gasteiger partial charge is 0.298 e. The van der Waals surface area contributed by atoms with Gasteiger partial charge in [-0.05, 0) is 42.6 Å². The van der Waals surface area contributed by atoms with Gasteiger partial charge in [0.1, 0.15) is 6.10 Å². The first-order valence-electron chi connectivity index (χ1n) is 12.6. The molecule has 32 heavy (non-hydrogen) atoms. The first kappa shape index (κ1) is 29.2. The van der Waals surface area contributed by atoms with Crippen LogP contribution in [-0.2, 0) is 14.3 Å². The third-order valence-corrected chi connectivity index (χ3v) is 7.56. The average molecular weight is 528 g/mol. The Hall–Kier alpha value is -0.830. The molecule has 0 heterocycles. The second kappa shape index (κ2) is 17.6. The zero-order valence-corrected chi connectivity index (χ0v) is 22.8. The van der Waals surface area contributed by atoms with Gasteiger partial charge in [-0.2, -0.15) is 8.42 Å². The van der Waals surface area contributed by atoms with Gasteiger partial charge < -0.3 is 0 Å². The van der Waals surface area contributed by atoms with Crippen molar-refractivity contribution >= 4 is 26.0 Å². The molecular weight excluding hydrogens is 484 g/mol. The fourth-order valence-electron chi connectivity index (χ4n) is 3.99. The van der Waals surface area contributed by atoms with Crippen LogP contribution in [0.25, 0.3) is 0 Å². The van der Waals surface area contributed by atoms with E-state index in [2.05, 4.69) is 40.5 Å². The molecule has 0 radical (unpaired) electrons. The quantitative estimate of drug-likeness (QED) is 0.109. The van der Waals surface area contributed by atoms with Gasteiger partial charge in [0.2, 0.25) is 0 Å². The summed E-state index contributed by atoms with van der Waals surface area (Å²) in [6.07, 6.45) is 16.0. The fraction of sp³-hybridized carbons (Fsp3) is 0.704. The third kappa shape index (κ3) is 12.4. The topological polar surface area (TPSA) is 43.4 Å². The minimum absolute atomic E-state index is 0.123. The average Bonchev–Trinajstić information content (AvgIpc) is 2.77. The molecule has 0 saturated carbocycles. The maximum Gasteiger partial charge on any atom is 0.298 e. The van der Waals surface area contributed by atoms with Gasteiger partial charge in [0.05, 0.1) is 4.90 Å². The highest BCUT2D eigenvalue weighted by molar-refractivity contribution is 9.12. The Morgan fingerprint density at radius 3 is 1.75 bits per heavy atom. The first-order valence-corrected chi connectivity index (χ1v) is 14.8. The summed E-state index contributed by atoms with van der Waals surface area (Å²) in [5.74, 6) is 3.13. The van der Waals surface area contributed by atoms with Crippen LogP contribution in [0.5, 0.6) is 0 Å². The number of benzene rings is 1. The van der Waals surface area contributed by atoms with Crippen LogP contribution >= 0.6 is 15.9 Å². The number of hydrogen-bond donors (Lipinski definition) is 0. The third-order valence-electron chi connectivity index (χ3n) is 6.02. The second-order valence-electron chi connectivity index (χ2n) is 8.90. The predicted octanol–water partition coefficient (Wildman–Crippen LogP) is 8.54. The molecule has 1 atom stereocenters. The Kier molecular flexibility index (Phi) is 16.1. The Balaban J connectivity index is 2.80. The molecule has 0 N–H and O–H groups in total. The van der Waals surface area contributed by atoms with Crippen molar-refractivity contribution in [1.29, 1.82) is 0 Å². The molecule has 0 aliphatic heterocycles. The van der Waals surface area contributed by atoms with E-state index in [1.807, 2.05) is 6.92 Å². The molecule has 0 aromatic heterocycles. The molecule has 182 valence electrons. The summed E-state index contributed by atoms with van der Waals surface area (Å²) in [6.45, 7) is 6.39. The van der Waals surface area contributed by atoms with E-state index in [4.69, 9.17) is 4.18 Å². The predicted molar refractivity (Wildman–Crippen MR) is 139 cm³/mol. The lowest BCUT2D eigenvalue weighted by Gasteiger charge is -2.23. The lowest BCUT2D eigenvalue weighted by atomic mass is 9.90. The summed E-state index contributed by atoms with van der Waals surface area (Å²) < 4.78 is 31.6. The van der Waals surface area contributed by atoms with Gasteiger partial charge in [-0.25, -0.2) is 4.18 Å². The number of aryl methyl sites for hydroxylation is 1. The summed E-state index contributed by atoms with van der Waals surface area (Å²) in [6, 6.07) is 6.82. The highest BCUT2D eigenvalue weighted by Crippen LogP contribution is 2.27. The summed E-state index contributed by atoms with van der Waals surface area (Å²) in [5, 5.41) is 0. The van der Waals surface area contributed by atoms with E-state index in [1.165, 1.54) is 64.2 Å². The zero-order chi connectivity index (χ0) is 23.7. The van der Waals surface area contributed by atoms with Crippen LogP contribution in [0.15, 0.2) is 29.2 Å². The number of halogens is 1. The molecule has 0 fully saturated rings. The monoisotopic (exact) mass is 526 g/mol. The summed E-state index contributed by atoms with van der Waals surface area (Å²) >= 11 is 3.18. The van der Waals surface area contributed by atoms with E-state index in [0.29, 0.717) is 0 Å². The van der Waals surface area contributed by atoms with Crippen LogP contribution in [0, 0.1) is 23.6 Å². The number of hydrogen-bond acceptors (Lipinski definition) is 3.